The van der Waals surface area contributed by atoms with Crippen molar-refractivity contribution in [2.24, 2.45) is 5.73 Å². The van der Waals surface area contributed by atoms with Crippen molar-refractivity contribution in [3.05, 3.63) is 11.9 Å². The quantitative estimate of drug-likeness (QED) is 0.667. The molecule has 0 saturated heterocycles. The summed E-state index contributed by atoms with van der Waals surface area (Å²) in [6.45, 7) is 2.70. The molecular formula is C13H21N3O3. The lowest BCUT2D eigenvalue weighted by atomic mass is 10.1. The lowest BCUT2D eigenvalue weighted by Gasteiger charge is -2.06. The van der Waals surface area contributed by atoms with Gasteiger partial charge in [-0.2, -0.15) is 0 Å². The fourth-order valence-corrected chi connectivity index (χ4v) is 1.66. The largest absolute Gasteiger partial charge is 0.492 e. The van der Waals surface area contributed by atoms with Gasteiger partial charge >= 0.3 is 0 Å². The molecule has 0 saturated carbocycles. The number of nitrogens with two attached hydrogens (primary N) is 1. The number of aromatic hydroxyl groups is 1. The molecule has 106 valence electrons. The summed E-state index contributed by atoms with van der Waals surface area (Å²) in [6.07, 6.45) is 8.26. The van der Waals surface area contributed by atoms with Crippen LogP contribution in [0.5, 0.6) is 11.8 Å². The normalized spacial score (nSPS) is 10.4. The average molecular weight is 267 g/mol. The third-order valence-corrected chi connectivity index (χ3v) is 2.71. The zero-order valence-corrected chi connectivity index (χ0v) is 11.3. The van der Waals surface area contributed by atoms with Crippen molar-refractivity contribution >= 4 is 5.91 Å². The van der Waals surface area contributed by atoms with Crippen molar-refractivity contribution in [1.29, 1.82) is 0 Å². The van der Waals surface area contributed by atoms with Crippen LogP contribution in [0.2, 0.25) is 0 Å². The van der Waals surface area contributed by atoms with Gasteiger partial charge in [0.15, 0.2) is 5.69 Å². The minimum Gasteiger partial charge on any atom is -0.492 e. The fraction of sp³-hybridized carbons (Fsp3) is 0.615. The molecule has 0 atom stereocenters. The summed E-state index contributed by atoms with van der Waals surface area (Å²) in [5.74, 6) is -1.09. The zero-order valence-electron chi connectivity index (χ0n) is 11.3. The second kappa shape index (κ2) is 8.29. The Morgan fingerprint density at radius 1 is 1.32 bits per heavy atom. The van der Waals surface area contributed by atoms with Gasteiger partial charge in [-0.25, -0.2) is 9.97 Å². The molecule has 3 N–H and O–H groups in total. The smallest absolute Gasteiger partial charge is 0.273 e. The molecule has 0 aromatic carbocycles. The van der Waals surface area contributed by atoms with Crippen LogP contribution in [-0.2, 0) is 0 Å². The maximum atomic E-state index is 11.0. The first-order valence-electron chi connectivity index (χ1n) is 6.63. The molecule has 1 aromatic heterocycles. The first-order chi connectivity index (χ1) is 9.15. The molecule has 0 radical (unpaired) electrons. The molecule has 6 nitrogen and oxygen atoms in total. The molecule has 0 fully saturated rings. The van der Waals surface area contributed by atoms with Crippen molar-refractivity contribution in [3.63, 3.8) is 0 Å². The van der Waals surface area contributed by atoms with Gasteiger partial charge in [-0.05, 0) is 6.42 Å². The maximum Gasteiger partial charge on any atom is 0.273 e. The third-order valence-electron chi connectivity index (χ3n) is 2.71. The molecule has 1 heterocycles. The Kier molecular flexibility index (Phi) is 6.63. The maximum absolute atomic E-state index is 11.0. The van der Waals surface area contributed by atoms with Crippen LogP contribution in [-0.4, -0.2) is 27.6 Å². The third kappa shape index (κ3) is 5.54. The Morgan fingerprint density at radius 2 is 2.00 bits per heavy atom. The molecule has 0 spiro atoms. The molecule has 6 heteroatoms. The predicted molar refractivity (Wildman–Crippen MR) is 71.1 cm³/mol. The summed E-state index contributed by atoms with van der Waals surface area (Å²) in [5.41, 5.74) is 4.79. The van der Waals surface area contributed by atoms with Gasteiger partial charge in [-0.15, -0.1) is 0 Å². The summed E-state index contributed by atoms with van der Waals surface area (Å²) in [6, 6.07) is 0. The topological polar surface area (TPSA) is 98.3 Å². The summed E-state index contributed by atoms with van der Waals surface area (Å²) < 4.78 is 5.37. The van der Waals surface area contributed by atoms with Crippen LogP contribution < -0.4 is 10.5 Å². The molecule has 1 aromatic rings. The molecular weight excluding hydrogens is 246 g/mol. The minimum atomic E-state index is -0.824. The van der Waals surface area contributed by atoms with Gasteiger partial charge in [0, 0.05) is 0 Å². The summed E-state index contributed by atoms with van der Waals surface area (Å²) in [7, 11) is 0. The minimum absolute atomic E-state index is 0.208. The van der Waals surface area contributed by atoms with Crippen molar-refractivity contribution in [1.82, 2.24) is 9.97 Å². The number of unbranched alkanes of at least 4 members (excludes halogenated alkanes) is 5. The summed E-state index contributed by atoms with van der Waals surface area (Å²) in [4.78, 5) is 18.4. The van der Waals surface area contributed by atoms with E-state index in [1.165, 1.54) is 31.9 Å². The number of aromatic nitrogens is 2. The number of carbonyl (C=O) groups is 1. The van der Waals surface area contributed by atoms with Crippen LogP contribution in [0.4, 0.5) is 0 Å². The first kappa shape index (κ1) is 15.2. The average Bonchev–Trinajstić information content (AvgIpc) is 2.39. The van der Waals surface area contributed by atoms with E-state index in [1.807, 2.05) is 0 Å². The summed E-state index contributed by atoms with van der Waals surface area (Å²) in [5, 5.41) is 9.27. The standard InChI is InChI=1S/C13H21N3O3/c1-2-3-4-5-6-7-8-19-10-9-15-13(18)11(16-10)12(14)17/h9H,2-8H2,1H3,(H2,14,17)(H,15,18). The van der Waals surface area contributed by atoms with Crippen molar-refractivity contribution in [2.75, 3.05) is 6.61 Å². The monoisotopic (exact) mass is 267 g/mol. The number of hydrogen-bond acceptors (Lipinski definition) is 5. The van der Waals surface area contributed by atoms with Gasteiger partial charge in [0.2, 0.25) is 11.8 Å². The van der Waals surface area contributed by atoms with Crippen LogP contribution in [0.25, 0.3) is 0 Å². The second-order valence-electron chi connectivity index (χ2n) is 4.36. The molecule has 0 unspecified atom stereocenters. The van der Waals surface area contributed by atoms with E-state index < -0.39 is 11.8 Å². The number of amides is 1. The number of rotatable bonds is 9. The molecule has 19 heavy (non-hydrogen) atoms. The number of nitrogens with zero attached hydrogens (tertiary/aromatic N) is 2. The molecule has 0 bridgehead atoms. The highest BCUT2D eigenvalue weighted by Gasteiger charge is 2.12. The van der Waals surface area contributed by atoms with Crippen molar-refractivity contribution in [3.8, 4) is 11.8 Å². The van der Waals surface area contributed by atoms with Crippen LogP contribution in [0, 0.1) is 0 Å². The Labute approximate surface area is 113 Å². The van der Waals surface area contributed by atoms with E-state index in [9.17, 15) is 9.90 Å². The van der Waals surface area contributed by atoms with Gasteiger partial charge in [0.25, 0.3) is 5.91 Å². The lowest BCUT2D eigenvalue weighted by Crippen LogP contribution is -2.14. The Bertz CT molecular complexity index is 410. The van der Waals surface area contributed by atoms with Crippen LogP contribution in [0.15, 0.2) is 6.20 Å². The highest BCUT2D eigenvalue weighted by molar-refractivity contribution is 5.92. The van der Waals surface area contributed by atoms with Crippen molar-refractivity contribution < 1.29 is 14.6 Å². The second-order valence-corrected chi connectivity index (χ2v) is 4.36. The molecule has 0 aliphatic rings. The van der Waals surface area contributed by atoms with Crippen LogP contribution >= 0.6 is 0 Å². The molecule has 1 rings (SSSR count). The van der Waals surface area contributed by atoms with E-state index in [0.717, 1.165) is 12.8 Å². The van der Waals surface area contributed by atoms with Crippen LogP contribution in [0.1, 0.15) is 55.9 Å². The van der Waals surface area contributed by atoms with Crippen LogP contribution in [0.3, 0.4) is 0 Å². The predicted octanol–water partition coefficient (Wildman–Crippen LogP) is 2.02. The molecule has 0 aliphatic carbocycles. The van der Waals surface area contributed by atoms with E-state index in [-0.39, 0.29) is 11.6 Å². The van der Waals surface area contributed by atoms with Gasteiger partial charge in [-0.1, -0.05) is 39.0 Å². The SMILES string of the molecule is CCCCCCCCOc1cnc(O)c(C(N)=O)n1. The first-order valence-corrected chi connectivity index (χ1v) is 6.63. The number of primary amides is 1. The number of carbonyl (C=O) groups excluding carboxylic acids is 1. The highest BCUT2D eigenvalue weighted by atomic mass is 16.5. The number of hydrogen-bond donors (Lipinski definition) is 2. The highest BCUT2D eigenvalue weighted by Crippen LogP contribution is 2.15. The van der Waals surface area contributed by atoms with Crippen molar-refractivity contribution in [2.45, 2.75) is 45.4 Å². The lowest BCUT2D eigenvalue weighted by molar-refractivity contribution is 0.0990. The van der Waals surface area contributed by atoms with E-state index in [1.54, 1.807) is 0 Å². The Morgan fingerprint density at radius 3 is 2.68 bits per heavy atom. The Balaban J connectivity index is 2.30. The van der Waals surface area contributed by atoms with Gasteiger partial charge < -0.3 is 15.6 Å². The van der Waals surface area contributed by atoms with Gasteiger partial charge in [0.05, 0.1) is 12.8 Å². The van der Waals surface area contributed by atoms with E-state index >= 15 is 0 Å². The van der Waals surface area contributed by atoms with E-state index in [0.29, 0.717) is 6.61 Å². The molecule has 1 amide bonds. The molecule has 0 aliphatic heterocycles. The zero-order chi connectivity index (χ0) is 14.1. The fourth-order valence-electron chi connectivity index (χ4n) is 1.66. The number of ether oxygens (including phenoxy) is 1. The van der Waals surface area contributed by atoms with E-state index in [2.05, 4.69) is 16.9 Å². The van der Waals surface area contributed by atoms with Gasteiger partial charge in [-0.3, -0.25) is 4.79 Å². The summed E-state index contributed by atoms with van der Waals surface area (Å²) >= 11 is 0. The Hall–Kier alpha value is -1.85. The van der Waals surface area contributed by atoms with E-state index in [4.69, 9.17) is 10.5 Å². The van der Waals surface area contributed by atoms with Gasteiger partial charge in [0.1, 0.15) is 0 Å².